The van der Waals surface area contributed by atoms with E-state index >= 15 is 0 Å². The average Bonchev–Trinajstić information content (AvgIpc) is 3.20. The Labute approximate surface area is 158 Å². The van der Waals surface area contributed by atoms with Gasteiger partial charge < -0.3 is 26.0 Å². The number of aromatic nitrogens is 2. The summed E-state index contributed by atoms with van der Waals surface area (Å²) in [6.07, 6.45) is 8.35. The van der Waals surface area contributed by atoms with E-state index in [1.807, 2.05) is 0 Å². The average molecular weight is 383 g/mol. The molecule has 5 N–H and O–H groups in total. The lowest BCUT2D eigenvalue weighted by molar-refractivity contribution is -0.158. The standard InChI is InChI=1S/C18H30N4O3S/c19-17-21-18(26-22-17)20-13-9-25-16(15(24)14(13)23)12-7-6-11(8-12)5-4-10-2-1-3-10/h10-16,23-24H,1-9H2,(H3,19,20,21,22)/t11?,12?,13-,14+,15+,16+/m0/s1. The number of anilines is 2. The van der Waals surface area contributed by atoms with E-state index in [4.69, 9.17) is 10.5 Å². The lowest BCUT2D eigenvalue weighted by Gasteiger charge is -2.40. The van der Waals surface area contributed by atoms with Gasteiger partial charge in [-0.05, 0) is 30.6 Å². The molecular formula is C18H30N4O3S. The second-order valence-electron chi connectivity index (χ2n) is 8.30. The molecule has 0 spiro atoms. The minimum absolute atomic E-state index is 0.209. The molecule has 6 atom stereocenters. The summed E-state index contributed by atoms with van der Waals surface area (Å²) in [6.45, 7) is 0.353. The molecule has 3 fully saturated rings. The van der Waals surface area contributed by atoms with Gasteiger partial charge in [-0.2, -0.15) is 9.36 Å². The molecule has 2 heterocycles. The summed E-state index contributed by atoms with van der Waals surface area (Å²) >= 11 is 1.14. The van der Waals surface area contributed by atoms with Crippen molar-refractivity contribution in [2.24, 2.45) is 17.8 Å². The summed E-state index contributed by atoms with van der Waals surface area (Å²) in [4.78, 5) is 4.04. The van der Waals surface area contributed by atoms with Crippen molar-refractivity contribution in [2.45, 2.75) is 75.7 Å². The number of hydrogen-bond acceptors (Lipinski definition) is 8. The van der Waals surface area contributed by atoms with Gasteiger partial charge in [0.1, 0.15) is 12.2 Å². The summed E-state index contributed by atoms with van der Waals surface area (Å²) in [7, 11) is 0. The predicted octanol–water partition coefficient (Wildman–Crippen LogP) is 2.02. The first-order valence-electron chi connectivity index (χ1n) is 9.93. The predicted molar refractivity (Wildman–Crippen MR) is 101 cm³/mol. The highest BCUT2D eigenvalue weighted by atomic mass is 32.1. The molecule has 2 unspecified atom stereocenters. The maximum absolute atomic E-state index is 10.6. The van der Waals surface area contributed by atoms with Gasteiger partial charge in [0, 0.05) is 11.5 Å². The van der Waals surface area contributed by atoms with E-state index in [1.54, 1.807) is 0 Å². The van der Waals surface area contributed by atoms with Gasteiger partial charge >= 0.3 is 0 Å². The molecule has 1 aromatic rings. The van der Waals surface area contributed by atoms with Gasteiger partial charge in [-0.15, -0.1) is 0 Å². The monoisotopic (exact) mass is 382 g/mol. The number of nitrogens with one attached hydrogen (secondary N) is 1. The smallest absolute Gasteiger partial charge is 0.233 e. The van der Waals surface area contributed by atoms with Gasteiger partial charge in [-0.25, -0.2) is 0 Å². The quantitative estimate of drug-likeness (QED) is 0.595. The summed E-state index contributed by atoms with van der Waals surface area (Å²) in [5.74, 6) is 2.28. The van der Waals surface area contributed by atoms with Gasteiger partial charge in [0.05, 0.1) is 18.8 Å². The number of rotatable bonds is 6. The fraction of sp³-hybridized carbons (Fsp3) is 0.889. The first-order valence-corrected chi connectivity index (χ1v) is 10.7. The largest absolute Gasteiger partial charge is 0.388 e. The first kappa shape index (κ1) is 18.4. The van der Waals surface area contributed by atoms with Crippen LogP contribution in [0.1, 0.15) is 51.4 Å². The minimum Gasteiger partial charge on any atom is -0.388 e. The maximum Gasteiger partial charge on any atom is 0.233 e. The van der Waals surface area contributed by atoms with E-state index in [0.29, 0.717) is 17.7 Å². The van der Waals surface area contributed by atoms with Gasteiger partial charge in [0.15, 0.2) is 0 Å². The Morgan fingerprint density at radius 2 is 1.92 bits per heavy atom. The summed E-state index contributed by atoms with van der Waals surface area (Å²) in [5, 5.41) is 24.8. The Bertz CT molecular complexity index is 597. The van der Waals surface area contributed by atoms with Crippen LogP contribution in [0.5, 0.6) is 0 Å². The second-order valence-corrected chi connectivity index (χ2v) is 9.05. The molecule has 0 amide bonds. The zero-order chi connectivity index (χ0) is 18.1. The highest BCUT2D eigenvalue weighted by Crippen LogP contribution is 2.41. The van der Waals surface area contributed by atoms with Crippen molar-refractivity contribution < 1.29 is 14.9 Å². The van der Waals surface area contributed by atoms with E-state index in [2.05, 4.69) is 14.7 Å². The first-order chi connectivity index (χ1) is 12.6. The van der Waals surface area contributed by atoms with Crippen molar-refractivity contribution >= 4 is 22.6 Å². The number of nitrogens with two attached hydrogens (primary N) is 1. The van der Waals surface area contributed by atoms with Crippen LogP contribution >= 0.6 is 11.5 Å². The van der Waals surface area contributed by atoms with Crippen molar-refractivity contribution in [3.05, 3.63) is 0 Å². The number of nitrogen functional groups attached to an aromatic ring is 1. The zero-order valence-electron chi connectivity index (χ0n) is 15.1. The van der Waals surface area contributed by atoms with Crippen LogP contribution in [0.2, 0.25) is 0 Å². The van der Waals surface area contributed by atoms with Crippen LogP contribution in [0.25, 0.3) is 0 Å². The molecule has 7 nitrogen and oxygen atoms in total. The van der Waals surface area contributed by atoms with Gasteiger partial charge in [0.2, 0.25) is 11.1 Å². The topological polar surface area (TPSA) is 114 Å². The van der Waals surface area contributed by atoms with Crippen LogP contribution in [-0.2, 0) is 4.74 Å². The molecular weight excluding hydrogens is 352 g/mol. The highest BCUT2D eigenvalue weighted by Gasteiger charge is 2.44. The van der Waals surface area contributed by atoms with E-state index < -0.39 is 18.2 Å². The number of hydrogen-bond donors (Lipinski definition) is 4. The van der Waals surface area contributed by atoms with Crippen LogP contribution in [0.4, 0.5) is 11.1 Å². The van der Waals surface area contributed by atoms with Crippen molar-refractivity contribution in [3.63, 3.8) is 0 Å². The number of nitrogens with zero attached hydrogens (tertiary/aromatic N) is 2. The summed E-state index contributed by atoms with van der Waals surface area (Å²) in [6, 6.07) is -0.399. The summed E-state index contributed by atoms with van der Waals surface area (Å²) in [5.41, 5.74) is 5.52. The molecule has 1 aromatic heterocycles. The molecule has 1 aliphatic heterocycles. The fourth-order valence-electron chi connectivity index (χ4n) is 4.77. The Morgan fingerprint density at radius 1 is 1.12 bits per heavy atom. The normalized spacial score (nSPS) is 38.2. The Balaban J connectivity index is 1.27. The zero-order valence-corrected chi connectivity index (χ0v) is 15.9. The lowest BCUT2D eigenvalue weighted by Crippen LogP contribution is -2.57. The third-order valence-electron chi connectivity index (χ3n) is 6.57. The number of aliphatic hydroxyl groups is 2. The fourth-order valence-corrected chi connectivity index (χ4v) is 5.32. The maximum atomic E-state index is 10.6. The molecule has 2 saturated carbocycles. The van der Waals surface area contributed by atoms with Crippen molar-refractivity contribution in [3.8, 4) is 0 Å². The molecule has 0 radical (unpaired) electrons. The van der Waals surface area contributed by atoms with Crippen LogP contribution in [0.15, 0.2) is 0 Å². The SMILES string of the molecule is Nc1nsc(N[C@H]2CO[C@H](C3CCC(CCC4CCC4)C3)[C@H](O)[C@@H]2O)n1. The van der Waals surface area contributed by atoms with E-state index in [-0.39, 0.29) is 12.1 Å². The van der Waals surface area contributed by atoms with Gasteiger partial charge in [0.25, 0.3) is 0 Å². The Morgan fingerprint density at radius 3 is 2.62 bits per heavy atom. The van der Waals surface area contributed by atoms with Crippen LogP contribution in [0.3, 0.4) is 0 Å². The molecule has 26 heavy (non-hydrogen) atoms. The van der Waals surface area contributed by atoms with E-state index in [1.165, 1.54) is 38.5 Å². The number of ether oxygens (including phenoxy) is 1. The Kier molecular flexibility index (Phi) is 5.63. The highest BCUT2D eigenvalue weighted by molar-refractivity contribution is 7.09. The summed E-state index contributed by atoms with van der Waals surface area (Å²) < 4.78 is 9.91. The molecule has 4 rings (SSSR count). The third-order valence-corrected chi connectivity index (χ3v) is 7.23. The molecule has 0 aromatic carbocycles. The molecule has 2 aliphatic carbocycles. The minimum atomic E-state index is -0.882. The second kappa shape index (κ2) is 7.96. The molecule has 8 heteroatoms. The van der Waals surface area contributed by atoms with E-state index in [0.717, 1.165) is 36.2 Å². The molecule has 0 bridgehead atoms. The third kappa shape index (κ3) is 3.98. The van der Waals surface area contributed by atoms with E-state index in [9.17, 15) is 10.2 Å². The molecule has 3 aliphatic rings. The molecule has 1 saturated heterocycles. The van der Waals surface area contributed by atoms with Crippen molar-refractivity contribution in [1.29, 1.82) is 0 Å². The van der Waals surface area contributed by atoms with Gasteiger partial charge in [-0.1, -0.05) is 38.5 Å². The van der Waals surface area contributed by atoms with Gasteiger partial charge in [-0.3, -0.25) is 0 Å². The van der Waals surface area contributed by atoms with Crippen LogP contribution in [-0.4, -0.2) is 50.5 Å². The van der Waals surface area contributed by atoms with Crippen molar-refractivity contribution in [1.82, 2.24) is 9.36 Å². The van der Waals surface area contributed by atoms with Crippen LogP contribution in [0, 0.1) is 17.8 Å². The molecule has 146 valence electrons. The Hall–Kier alpha value is -0.960. The number of aliphatic hydroxyl groups excluding tert-OH is 2. The lowest BCUT2D eigenvalue weighted by atomic mass is 9.80. The van der Waals surface area contributed by atoms with Crippen LogP contribution < -0.4 is 11.1 Å². The van der Waals surface area contributed by atoms with Crippen molar-refractivity contribution in [2.75, 3.05) is 17.7 Å².